The Labute approximate surface area is 240 Å². The Morgan fingerprint density at radius 1 is 1.18 bits per heavy atom. The molecule has 0 radical (unpaired) electrons. The highest BCUT2D eigenvalue weighted by molar-refractivity contribution is 9.10. The molecule has 0 atom stereocenters. The number of methoxy groups -OCH3 is 1. The normalized spacial score (nSPS) is 14.1. The Kier molecular flexibility index (Phi) is 8.67. The number of nitrogens with zero attached hydrogens (tertiary/aromatic N) is 2. The molecule has 3 aromatic carbocycles. The maximum atomic E-state index is 13.0. The third kappa shape index (κ3) is 6.33. The second-order valence-corrected chi connectivity index (χ2v) is 10.7. The maximum absolute atomic E-state index is 13.0. The number of hydrazine groups is 1. The molecular weight excluding hydrogens is 618 g/mol. The first kappa shape index (κ1) is 27.6. The number of hydrogen-bond acceptors (Lipinski definition) is 8. The van der Waals surface area contributed by atoms with Gasteiger partial charge >= 0.3 is 0 Å². The minimum absolute atomic E-state index is 0.00612. The van der Waals surface area contributed by atoms with Crippen LogP contribution in [0.4, 0.5) is 5.69 Å². The van der Waals surface area contributed by atoms with Crippen molar-refractivity contribution in [2.24, 2.45) is 0 Å². The van der Waals surface area contributed by atoms with E-state index in [2.05, 4.69) is 21.4 Å². The van der Waals surface area contributed by atoms with E-state index in [1.54, 1.807) is 54.6 Å². The second-order valence-electron chi connectivity index (χ2n) is 7.70. The van der Waals surface area contributed by atoms with E-state index in [0.29, 0.717) is 37.0 Å². The van der Waals surface area contributed by atoms with Crippen LogP contribution in [0, 0.1) is 10.1 Å². The number of nitro groups is 1. The highest BCUT2D eigenvalue weighted by Gasteiger charge is 2.34. The van der Waals surface area contributed by atoms with Gasteiger partial charge in [-0.15, -0.1) is 0 Å². The van der Waals surface area contributed by atoms with Crippen LogP contribution in [0.5, 0.6) is 11.5 Å². The molecule has 1 saturated heterocycles. The van der Waals surface area contributed by atoms with Gasteiger partial charge in [-0.1, -0.05) is 39.3 Å². The molecule has 1 N–H and O–H groups in total. The van der Waals surface area contributed by atoms with Crippen LogP contribution in [-0.4, -0.2) is 33.2 Å². The molecular formula is C25H17BrClN3O6S2. The maximum Gasteiger partial charge on any atom is 0.285 e. The molecule has 3 aromatic rings. The number of rotatable bonds is 8. The summed E-state index contributed by atoms with van der Waals surface area (Å²) in [4.78, 5) is 36.2. The average molecular weight is 635 g/mol. The van der Waals surface area contributed by atoms with E-state index < -0.39 is 16.7 Å². The topological polar surface area (TPSA) is 111 Å². The quantitative estimate of drug-likeness (QED) is 0.136. The zero-order valence-electron chi connectivity index (χ0n) is 19.5. The van der Waals surface area contributed by atoms with Crippen molar-refractivity contribution < 1.29 is 24.0 Å². The first-order chi connectivity index (χ1) is 18.2. The molecule has 0 spiro atoms. The van der Waals surface area contributed by atoms with Gasteiger partial charge in [-0.05, 0) is 78.0 Å². The fourth-order valence-electron chi connectivity index (χ4n) is 3.28. The van der Waals surface area contributed by atoms with Gasteiger partial charge in [0.2, 0.25) is 0 Å². The predicted molar refractivity (Wildman–Crippen MR) is 152 cm³/mol. The highest BCUT2D eigenvalue weighted by atomic mass is 79.9. The Bertz CT molecular complexity index is 1470. The molecule has 0 bridgehead atoms. The van der Waals surface area contributed by atoms with Crippen molar-refractivity contribution in [1.82, 2.24) is 10.4 Å². The molecule has 0 aromatic heterocycles. The van der Waals surface area contributed by atoms with Crippen LogP contribution in [-0.2, 0) is 11.4 Å². The number of hydrogen-bond donors (Lipinski definition) is 1. The summed E-state index contributed by atoms with van der Waals surface area (Å²) in [6.07, 6.45) is 1.63. The average Bonchev–Trinajstić information content (AvgIpc) is 3.16. The van der Waals surface area contributed by atoms with Crippen LogP contribution in [0.25, 0.3) is 6.08 Å². The molecule has 2 amide bonds. The van der Waals surface area contributed by atoms with Crippen LogP contribution in [0.3, 0.4) is 0 Å². The van der Waals surface area contributed by atoms with Gasteiger partial charge in [0.25, 0.3) is 17.5 Å². The molecule has 0 unspecified atom stereocenters. The fourth-order valence-corrected chi connectivity index (χ4v) is 5.01. The molecule has 1 fully saturated rings. The lowest BCUT2D eigenvalue weighted by atomic mass is 10.1. The van der Waals surface area contributed by atoms with Crippen molar-refractivity contribution in [2.45, 2.75) is 6.61 Å². The van der Waals surface area contributed by atoms with Crippen molar-refractivity contribution in [1.29, 1.82) is 0 Å². The Balaban J connectivity index is 1.49. The van der Waals surface area contributed by atoms with Crippen LogP contribution in [0.1, 0.15) is 21.5 Å². The number of nitrogens with one attached hydrogen (secondary N) is 1. The highest BCUT2D eigenvalue weighted by Crippen LogP contribution is 2.38. The zero-order chi connectivity index (χ0) is 27.4. The SMILES string of the molecule is COc1cc(/C=C2/SC(=S)N(NC(=O)c3ccc(Cl)cc3)C2=O)c(Br)cc1OCc1ccc([N+](=O)[O-])cc1. The molecule has 38 heavy (non-hydrogen) atoms. The smallest absolute Gasteiger partial charge is 0.285 e. The molecule has 1 aliphatic heterocycles. The fraction of sp³-hybridized carbons (Fsp3) is 0.0800. The van der Waals surface area contributed by atoms with E-state index in [1.165, 1.54) is 19.2 Å². The summed E-state index contributed by atoms with van der Waals surface area (Å²) in [5.74, 6) is -0.145. The molecule has 1 aliphatic rings. The lowest BCUT2D eigenvalue weighted by Crippen LogP contribution is -2.44. The molecule has 1 heterocycles. The van der Waals surface area contributed by atoms with E-state index in [1.807, 2.05) is 0 Å². The Hall–Kier alpha value is -3.45. The second kappa shape index (κ2) is 11.9. The third-order valence-corrected chi connectivity index (χ3v) is 7.47. The van der Waals surface area contributed by atoms with Crippen LogP contribution < -0.4 is 14.9 Å². The van der Waals surface area contributed by atoms with Crippen molar-refractivity contribution >= 4 is 79.4 Å². The third-order valence-electron chi connectivity index (χ3n) is 5.22. The van der Waals surface area contributed by atoms with Gasteiger partial charge < -0.3 is 9.47 Å². The standard InChI is InChI=1S/C25H17BrClN3O6S2/c1-35-20-10-16(19(26)12-21(20)36-13-14-2-8-18(9-3-14)30(33)34)11-22-24(32)29(25(37)38-22)28-23(31)15-4-6-17(27)7-5-15/h2-12H,13H2,1H3,(H,28,31)/b22-11+. The summed E-state index contributed by atoms with van der Waals surface area (Å²) in [5, 5.41) is 12.3. The number of thiocarbonyl (C=S) groups is 1. The number of ether oxygens (including phenoxy) is 2. The van der Waals surface area contributed by atoms with Crippen molar-refractivity contribution in [3.8, 4) is 11.5 Å². The van der Waals surface area contributed by atoms with Crippen molar-refractivity contribution in [2.75, 3.05) is 7.11 Å². The van der Waals surface area contributed by atoms with Crippen molar-refractivity contribution in [3.05, 3.63) is 102 Å². The number of halogens is 2. The summed E-state index contributed by atoms with van der Waals surface area (Å²) in [6.45, 7) is 0.159. The van der Waals surface area contributed by atoms with Crippen LogP contribution >= 0.6 is 51.5 Å². The first-order valence-electron chi connectivity index (χ1n) is 10.7. The van der Waals surface area contributed by atoms with Gasteiger partial charge in [0.05, 0.1) is 16.9 Å². The van der Waals surface area contributed by atoms with E-state index in [0.717, 1.165) is 22.3 Å². The molecule has 0 saturated carbocycles. The first-order valence-corrected chi connectivity index (χ1v) is 13.1. The summed E-state index contributed by atoms with van der Waals surface area (Å²) < 4.78 is 12.1. The van der Waals surface area contributed by atoms with E-state index in [-0.39, 0.29) is 16.6 Å². The number of benzene rings is 3. The van der Waals surface area contributed by atoms with Gasteiger partial charge in [0, 0.05) is 27.2 Å². The monoisotopic (exact) mass is 633 g/mol. The molecule has 9 nitrogen and oxygen atoms in total. The number of thioether (sulfide) groups is 1. The summed E-state index contributed by atoms with van der Waals surface area (Å²) in [7, 11) is 1.48. The number of carbonyl (C=O) groups excluding carboxylic acids is 2. The summed E-state index contributed by atoms with van der Waals surface area (Å²) >= 11 is 15.7. The zero-order valence-corrected chi connectivity index (χ0v) is 23.4. The Morgan fingerprint density at radius 2 is 1.87 bits per heavy atom. The van der Waals surface area contributed by atoms with E-state index >= 15 is 0 Å². The molecule has 0 aliphatic carbocycles. The minimum atomic E-state index is -0.503. The number of carbonyl (C=O) groups is 2. The molecule has 13 heteroatoms. The lowest BCUT2D eigenvalue weighted by molar-refractivity contribution is -0.384. The Morgan fingerprint density at radius 3 is 2.50 bits per heavy atom. The lowest BCUT2D eigenvalue weighted by Gasteiger charge is -2.15. The number of nitro benzene ring substituents is 1. The van der Waals surface area contributed by atoms with Crippen molar-refractivity contribution in [3.63, 3.8) is 0 Å². The minimum Gasteiger partial charge on any atom is -0.493 e. The molecule has 4 rings (SSSR count). The van der Waals surface area contributed by atoms with Crippen LogP contribution in [0.2, 0.25) is 5.02 Å². The molecule has 194 valence electrons. The summed E-state index contributed by atoms with van der Waals surface area (Å²) in [6, 6.07) is 15.7. The van der Waals surface area contributed by atoms with Gasteiger partial charge in [-0.3, -0.25) is 25.1 Å². The van der Waals surface area contributed by atoms with Gasteiger partial charge in [0.15, 0.2) is 15.8 Å². The van der Waals surface area contributed by atoms with E-state index in [9.17, 15) is 19.7 Å². The largest absolute Gasteiger partial charge is 0.493 e. The van der Waals surface area contributed by atoms with Gasteiger partial charge in [-0.2, -0.15) is 5.01 Å². The summed E-state index contributed by atoms with van der Waals surface area (Å²) in [5.41, 5.74) is 4.20. The van der Waals surface area contributed by atoms with Gasteiger partial charge in [0.1, 0.15) is 6.61 Å². The van der Waals surface area contributed by atoms with Gasteiger partial charge in [-0.25, -0.2) is 0 Å². The number of non-ortho nitro benzene ring substituents is 1. The van der Waals surface area contributed by atoms with Crippen LogP contribution in [0.15, 0.2) is 70.0 Å². The predicted octanol–water partition coefficient (Wildman–Crippen LogP) is 6.14. The number of amides is 2. The van der Waals surface area contributed by atoms with E-state index in [4.69, 9.17) is 33.3 Å².